The summed E-state index contributed by atoms with van der Waals surface area (Å²) in [5.41, 5.74) is 11.4. The number of rotatable bonds is 20. The number of halogens is 4. The lowest BCUT2D eigenvalue weighted by Crippen LogP contribution is -2.43. The summed E-state index contributed by atoms with van der Waals surface area (Å²) < 4.78 is 15.1. The summed E-state index contributed by atoms with van der Waals surface area (Å²) in [6.07, 6.45) is 8.19. The largest absolute Gasteiger partial charge is 0.496 e. The lowest BCUT2D eigenvalue weighted by molar-refractivity contribution is -0.131. The third kappa shape index (κ3) is 16.6. The number of amides is 6. The van der Waals surface area contributed by atoms with Gasteiger partial charge in [-0.3, -0.25) is 38.7 Å². The van der Waals surface area contributed by atoms with E-state index in [1.54, 1.807) is 124 Å². The molecule has 4 aromatic heterocycles. The second-order valence-electron chi connectivity index (χ2n) is 25.6. The molecule has 8 aromatic rings. The monoisotopic (exact) mass is 1460 g/mol. The summed E-state index contributed by atoms with van der Waals surface area (Å²) in [5, 5.41) is 20.3. The molecule has 6 N–H and O–H groups in total. The zero-order valence-electron chi connectivity index (χ0n) is 58.4. The van der Waals surface area contributed by atoms with Crippen LogP contribution in [-0.4, -0.2) is 177 Å². The Kier molecular flexibility index (Phi) is 24.3. The number of likely N-dealkylation sites (tertiary alicyclic amines) is 2. The van der Waals surface area contributed by atoms with E-state index in [0.717, 1.165) is 85.5 Å². The standard InChI is InChI=1S/2C37H42Cl2N8O4/c2*1-22(48)46-15-11-25(12-16-46)42-19-24-9-8-23(18-31(24)51-4)35-34(39)27(10-14-41-35)26-6-5-7-28(33(26)38)44-37(50)36-43-29-21-47(32(49)20-40-2)17-13-30(29)45(36)3/h2*5-10,14,18,25,40,42H,11-13,15-17,19-21H2,1-4H3,(H,44,50). The molecule has 28 heteroatoms. The Morgan fingerprint density at radius 3 is 1.25 bits per heavy atom. The van der Waals surface area contributed by atoms with Crippen LogP contribution in [0.15, 0.2) is 97.3 Å². The van der Waals surface area contributed by atoms with E-state index in [1.807, 2.05) is 58.3 Å². The number of aromatic nitrogens is 6. The van der Waals surface area contributed by atoms with Crippen molar-refractivity contribution in [1.82, 2.24) is 69.9 Å². The second kappa shape index (κ2) is 33.4. The third-order valence-corrected chi connectivity index (χ3v) is 20.9. The van der Waals surface area contributed by atoms with Crippen LogP contribution in [0.5, 0.6) is 11.5 Å². The fourth-order valence-electron chi connectivity index (χ4n) is 13.5. The van der Waals surface area contributed by atoms with Crippen LogP contribution >= 0.6 is 46.4 Å². The van der Waals surface area contributed by atoms with Crippen molar-refractivity contribution < 1.29 is 38.2 Å². The fraction of sp³-hybridized carbons (Fsp3) is 0.378. The Balaban J connectivity index is 0.000000205. The van der Waals surface area contributed by atoms with Crippen LogP contribution in [0.25, 0.3) is 44.8 Å². The number of piperidine rings is 2. The van der Waals surface area contributed by atoms with Crippen LogP contribution in [-0.2, 0) is 72.3 Å². The maximum absolute atomic E-state index is 13.5. The molecule has 2 saturated heterocycles. The molecule has 0 spiro atoms. The van der Waals surface area contributed by atoms with Gasteiger partial charge in [-0.25, -0.2) is 9.97 Å². The number of fused-ring (bicyclic) bond motifs is 2. The van der Waals surface area contributed by atoms with Crippen molar-refractivity contribution in [2.45, 2.75) is 90.6 Å². The number of anilines is 2. The maximum Gasteiger partial charge on any atom is 0.291 e. The van der Waals surface area contributed by atoms with Gasteiger partial charge in [-0.2, -0.15) is 0 Å². The Hall–Kier alpha value is -8.98. The molecule has 12 rings (SSSR count). The summed E-state index contributed by atoms with van der Waals surface area (Å²) in [6.45, 7) is 9.84. The number of pyridine rings is 2. The number of nitrogens with one attached hydrogen (secondary N) is 6. The SMILES string of the molecule is CNCC(=O)N1CCc2c(nc(C(=O)Nc3cccc(-c4ccnc(-c5ccc(CNC6CCN(C(C)=O)CC6)c(OC)c5)c4Cl)c3Cl)n2C)C1.CNCC(=O)N1CCc2c(nc(C(=O)Nc3cccc(-c4ccnc(-c5ccc(CNC6CCN(C(C)=O)CC6)c(OC)c5)c4Cl)c3Cl)n2C)C1. The molecule has 2 fully saturated rings. The van der Waals surface area contributed by atoms with Crippen molar-refractivity contribution in [3.05, 3.63) is 163 Å². The minimum Gasteiger partial charge on any atom is -0.496 e. The number of hydrogen-bond acceptors (Lipinski definition) is 16. The van der Waals surface area contributed by atoms with Gasteiger partial charge in [0.2, 0.25) is 23.6 Å². The van der Waals surface area contributed by atoms with E-state index in [2.05, 4.69) is 51.8 Å². The van der Waals surface area contributed by atoms with E-state index in [0.29, 0.717) is 152 Å². The molecule has 0 aliphatic carbocycles. The number of carbonyl (C=O) groups is 6. The molecule has 24 nitrogen and oxygen atoms in total. The van der Waals surface area contributed by atoms with Crippen molar-refractivity contribution in [3.63, 3.8) is 0 Å². The quantitative estimate of drug-likeness (QED) is 0.0414. The van der Waals surface area contributed by atoms with Gasteiger partial charge in [0.1, 0.15) is 11.5 Å². The van der Waals surface area contributed by atoms with Crippen LogP contribution in [0.3, 0.4) is 0 Å². The number of imidazole rings is 2. The van der Waals surface area contributed by atoms with E-state index in [1.165, 1.54) is 0 Å². The predicted octanol–water partition coefficient (Wildman–Crippen LogP) is 9.84. The number of ether oxygens (including phenoxy) is 2. The number of benzene rings is 4. The number of likely N-dealkylation sites (N-methyl/N-ethyl adjacent to an activating group) is 2. The van der Waals surface area contributed by atoms with Gasteiger partial charge < -0.3 is 70.1 Å². The van der Waals surface area contributed by atoms with E-state index in [-0.39, 0.29) is 48.4 Å². The Morgan fingerprint density at radius 1 is 0.500 bits per heavy atom. The molecule has 536 valence electrons. The van der Waals surface area contributed by atoms with Gasteiger partial charge in [0.25, 0.3) is 11.8 Å². The smallest absolute Gasteiger partial charge is 0.291 e. The Bertz CT molecular complexity index is 4190. The summed E-state index contributed by atoms with van der Waals surface area (Å²) in [7, 11) is 10.4. The Morgan fingerprint density at radius 2 is 0.882 bits per heavy atom. The number of hydrogen-bond donors (Lipinski definition) is 6. The molecule has 6 amide bonds. The first-order chi connectivity index (χ1) is 49.2. The first-order valence-electron chi connectivity index (χ1n) is 33.9. The fourth-order valence-corrected chi connectivity index (χ4v) is 14.7. The molecule has 0 unspecified atom stereocenters. The molecule has 4 aliphatic rings. The highest BCUT2D eigenvalue weighted by Gasteiger charge is 2.31. The summed E-state index contributed by atoms with van der Waals surface area (Å²) in [5.74, 6) is 1.29. The van der Waals surface area contributed by atoms with Crippen LogP contribution < -0.4 is 41.4 Å². The highest BCUT2D eigenvalue weighted by atomic mass is 35.5. The average molecular weight is 1470 g/mol. The first-order valence-corrected chi connectivity index (χ1v) is 35.4. The zero-order valence-corrected chi connectivity index (χ0v) is 61.4. The molecular weight excluding hydrogens is 1380 g/mol. The van der Waals surface area contributed by atoms with Gasteiger partial charge in [-0.15, -0.1) is 0 Å². The van der Waals surface area contributed by atoms with E-state index >= 15 is 0 Å². The molecule has 0 saturated carbocycles. The lowest BCUT2D eigenvalue weighted by Gasteiger charge is -2.32. The summed E-state index contributed by atoms with van der Waals surface area (Å²) >= 11 is 28.0. The van der Waals surface area contributed by atoms with Crippen molar-refractivity contribution in [2.24, 2.45) is 14.1 Å². The van der Waals surface area contributed by atoms with Crippen LogP contribution in [0.2, 0.25) is 20.1 Å². The molecule has 0 bridgehead atoms. The van der Waals surface area contributed by atoms with Crippen molar-refractivity contribution in [2.75, 3.05) is 91.3 Å². The first kappa shape index (κ1) is 74.2. The van der Waals surface area contributed by atoms with E-state index < -0.39 is 11.8 Å². The van der Waals surface area contributed by atoms with Gasteiger partial charge in [0.15, 0.2) is 11.6 Å². The van der Waals surface area contributed by atoms with Crippen LogP contribution in [0, 0.1) is 0 Å². The third-order valence-electron chi connectivity index (χ3n) is 19.3. The predicted molar refractivity (Wildman–Crippen MR) is 396 cm³/mol. The van der Waals surface area contributed by atoms with E-state index in [4.69, 9.17) is 55.9 Å². The second-order valence-corrected chi connectivity index (χ2v) is 27.1. The highest BCUT2D eigenvalue weighted by molar-refractivity contribution is 6.40. The summed E-state index contributed by atoms with van der Waals surface area (Å²) in [6, 6.07) is 26.8. The molecule has 102 heavy (non-hydrogen) atoms. The van der Waals surface area contributed by atoms with E-state index in [9.17, 15) is 28.8 Å². The Labute approximate surface area is 613 Å². The maximum atomic E-state index is 13.5. The van der Waals surface area contributed by atoms with Crippen molar-refractivity contribution >= 4 is 93.2 Å². The molecule has 4 aliphatic heterocycles. The molecular formula is C74H84Cl4N16O8. The van der Waals surface area contributed by atoms with Gasteiger partial charge in [-0.1, -0.05) is 94.9 Å². The summed E-state index contributed by atoms with van der Waals surface area (Å²) in [4.78, 5) is 101. The topological polar surface area (TPSA) is 267 Å². The minimum atomic E-state index is -0.413. The van der Waals surface area contributed by atoms with Crippen molar-refractivity contribution in [1.29, 1.82) is 0 Å². The average Bonchev–Trinajstić information content (AvgIpc) is 1.52. The number of nitrogens with zero attached hydrogens (tertiary/aromatic N) is 10. The molecule has 0 atom stereocenters. The van der Waals surface area contributed by atoms with Gasteiger partial charge in [-0.05, 0) is 76.2 Å². The van der Waals surface area contributed by atoms with Gasteiger partial charge >= 0.3 is 0 Å². The normalized spacial score (nSPS) is 14.7. The zero-order chi connectivity index (χ0) is 72.5. The minimum absolute atomic E-state index is 0.00958. The molecule has 0 radical (unpaired) electrons. The van der Waals surface area contributed by atoms with Gasteiger partial charge in [0.05, 0.1) is 94.6 Å². The highest BCUT2D eigenvalue weighted by Crippen LogP contribution is 2.44. The lowest BCUT2D eigenvalue weighted by atomic mass is 10.0. The van der Waals surface area contributed by atoms with Crippen LogP contribution in [0.4, 0.5) is 11.4 Å². The van der Waals surface area contributed by atoms with Gasteiger partial charge in [0, 0.05) is 174 Å². The molecule has 8 heterocycles. The number of carbonyl (C=O) groups excluding carboxylic acids is 6. The molecule has 4 aromatic carbocycles. The van der Waals surface area contributed by atoms with Crippen molar-refractivity contribution in [3.8, 4) is 56.3 Å². The van der Waals surface area contributed by atoms with Crippen LogP contribution in [0.1, 0.15) is 94.7 Å². The number of methoxy groups -OCH3 is 2.